The van der Waals surface area contributed by atoms with Crippen LogP contribution in [0.5, 0.6) is 0 Å². The van der Waals surface area contributed by atoms with Crippen LogP contribution in [0.25, 0.3) is 0 Å². The van der Waals surface area contributed by atoms with E-state index in [1.54, 1.807) is 0 Å². The van der Waals surface area contributed by atoms with E-state index in [4.69, 9.17) is 0 Å². The molecule has 1 unspecified atom stereocenters. The van der Waals surface area contributed by atoms with E-state index in [1.807, 2.05) is 0 Å². The molecule has 1 atom stereocenters. The number of unbranched alkanes of at least 4 members (excludes halogenated alkanes) is 2. The van der Waals surface area contributed by atoms with Gasteiger partial charge >= 0.3 is 0 Å². The molecule has 14 heavy (non-hydrogen) atoms. The zero-order valence-corrected chi connectivity index (χ0v) is 10.3. The molecule has 0 spiro atoms. The van der Waals surface area contributed by atoms with Crippen molar-refractivity contribution in [2.45, 2.75) is 78.2 Å². The third kappa shape index (κ3) is 6.42. The first-order valence-corrected chi connectivity index (χ1v) is 6.44. The van der Waals surface area contributed by atoms with Crippen molar-refractivity contribution in [3.05, 3.63) is 0 Å². The second-order valence-electron chi connectivity index (χ2n) is 4.40. The van der Waals surface area contributed by atoms with Gasteiger partial charge < -0.3 is 5.11 Å². The first-order chi connectivity index (χ1) is 6.76. The molecule has 0 saturated heterocycles. The highest BCUT2D eigenvalue weighted by molar-refractivity contribution is 4.68. The second-order valence-corrected chi connectivity index (χ2v) is 4.40. The Hall–Kier alpha value is -0.0400. The summed E-state index contributed by atoms with van der Waals surface area (Å²) >= 11 is 0. The Morgan fingerprint density at radius 1 is 0.786 bits per heavy atom. The highest BCUT2D eigenvalue weighted by Crippen LogP contribution is 2.22. The molecule has 0 amide bonds. The van der Waals surface area contributed by atoms with E-state index in [0.717, 1.165) is 12.8 Å². The molecule has 0 saturated carbocycles. The Kier molecular flexibility index (Phi) is 9.49. The van der Waals surface area contributed by atoms with Crippen molar-refractivity contribution in [3.63, 3.8) is 0 Å². The predicted octanol–water partition coefficient (Wildman–Crippen LogP) is 4.14. The summed E-state index contributed by atoms with van der Waals surface area (Å²) in [6.07, 6.45) is 9.54. The van der Waals surface area contributed by atoms with Gasteiger partial charge in [-0.05, 0) is 25.2 Å². The van der Waals surface area contributed by atoms with Crippen LogP contribution in [0.1, 0.15) is 72.1 Å². The number of hydrogen-bond donors (Lipinski definition) is 1. The Morgan fingerprint density at radius 2 is 1.29 bits per heavy atom. The number of rotatable bonds is 9. The van der Waals surface area contributed by atoms with E-state index in [1.165, 1.54) is 38.5 Å². The molecule has 0 heterocycles. The van der Waals surface area contributed by atoms with Crippen LogP contribution in [-0.2, 0) is 0 Å². The molecule has 86 valence electrons. The lowest BCUT2D eigenvalue weighted by atomic mass is 9.89. The van der Waals surface area contributed by atoms with Crippen LogP contribution >= 0.6 is 0 Å². The van der Waals surface area contributed by atoms with E-state index in [-0.39, 0.29) is 6.10 Å². The van der Waals surface area contributed by atoms with E-state index in [9.17, 15) is 5.11 Å². The van der Waals surface area contributed by atoms with Gasteiger partial charge in [0.05, 0.1) is 6.10 Å². The summed E-state index contributed by atoms with van der Waals surface area (Å²) < 4.78 is 0. The Morgan fingerprint density at radius 3 is 1.64 bits per heavy atom. The maximum absolute atomic E-state index is 9.96. The quantitative estimate of drug-likeness (QED) is 0.593. The molecule has 0 aliphatic heterocycles. The smallest absolute Gasteiger partial charge is 0.0568 e. The van der Waals surface area contributed by atoms with E-state index < -0.39 is 0 Å². The van der Waals surface area contributed by atoms with Crippen LogP contribution in [0.2, 0.25) is 0 Å². The molecule has 0 aromatic heterocycles. The highest BCUT2D eigenvalue weighted by Gasteiger charge is 2.16. The van der Waals surface area contributed by atoms with Crippen LogP contribution in [0.3, 0.4) is 0 Å². The molecule has 0 rings (SSSR count). The molecule has 0 aliphatic rings. The Balaban J connectivity index is 3.81. The van der Waals surface area contributed by atoms with Crippen molar-refractivity contribution in [1.29, 1.82) is 0 Å². The van der Waals surface area contributed by atoms with Crippen LogP contribution < -0.4 is 0 Å². The summed E-state index contributed by atoms with van der Waals surface area (Å²) in [5.74, 6) is 0.565. The van der Waals surface area contributed by atoms with E-state index >= 15 is 0 Å². The maximum Gasteiger partial charge on any atom is 0.0568 e. The summed E-state index contributed by atoms with van der Waals surface area (Å²) in [6, 6.07) is 0. The minimum Gasteiger partial charge on any atom is -0.393 e. The van der Waals surface area contributed by atoms with Gasteiger partial charge in [0.1, 0.15) is 0 Å². The minimum absolute atomic E-state index is 0.0434. The molecule has 0 aliphatic carbocycles. The fraction of sp³-hybridized carbons (Fsp3) is 1.00. The number of hydrogen-bond acceptors (Lipinski definition) is 1. The molecule has 1 N–H and O–H groups in total. The number of aliphatic hydroxyl groups excluding tert-OH is 1. The molecular formula is C13H28O. The molecule has 0 aromatic rings. The van der Waals surface area contributed by atoms with Gasteiger partial charge in [0, 0.05) is 0 Å². The zero-order valence-electron chi connectivity index (χ0n) is 10.3. The lowest BCUT2D eigenvalue weighted by molar-refractivity contribution is 0.0856. The highest BCUT2D eigenvalue weighted by atomic mass is 16.3. The largest absolute Gasteiger partial charge is 0.393 e. The van der Waals surface area contributed by atoms with Gasteiger partial charge in [-0.15, -0.1) is 0 Å². The van der Waals surface area contributed by atoms with Gasteiger partial charge in [-0.3, -0.25) is 0 Å². The molecule has 0 fully saturated rings. The fourth-order valence-electron chi connectivity index (χ4n) is 1.99. The van der Waals surface area contributed by atoms with Crippen molar-refractivity contribution in [2.75, 3.05) is 0 Å². The first kappa shape index (κ1) is 14.0. The lowest BCUT2D eigenvalue weighted by Gasteiger charge is -2.22. The fourth-order valence-corrected chi connectivity index (χ4v) is 1.99. The summed E-state index contributed by atoms with van der Waals surface area (Å²) in [5, 5.41) is 9.96. The monoisotopic (exact) mass is 200 g/mol. The van der Waals surface area contributed by atoms with Crippen molar-refractivity contribution in [2.24, 2.45) is 5.92 Å². The van der Waals surface area contributed by atoms with Crippen LogP contribution in [0, 0.1) is 5.92 Å². The van der Waals surface area contributed by atoms with Crippen molar-refractivity contribution in [1.82, 2.24) is 0 Å². The minimum atomic E-state index is -0.0434. The van der Waals surface area contributed by atoms with Gasteiger partial charge in [0.15, 0.2) is 0 Å². The van der Waals surface area contributed by atoms with Crippen molar-refractivity contribution >= 4 is 0 Å². The summed E-state index contributed by atoms with van der Waals surface area (Å²) in [7, 11) is 0. The SMILES string of the molecule is CCCCC(CCCC)C(O)CCC. The number of aliphatic hydroxyl groups is 1. The van der Waals surface area contributed by atoms with Crippen LogP contribution in [0.15, 0.2) is 0 Å². The van der Waals surface area contributed by atoms with Crippen LogP contribution in [0.4, 0.5) is 0 Å². The molecule has 0 radical (unpaired) electrons. The Labute approximate surface area is 89.9 Å². The summed E-state index contributed by atoms with van der Waals surface area (Å²) in [6.45, 7) is 6.60. The van der Waals surface area contributed by atoms with Crippen molar-refractivity contribution in [3.8, 4) is 0 Å². The van der Waals surface area contributed by atoms with Gasteiger partial charge in [-0.2, -0.15) is 0 Å². The standard InChI is InChI=1S/C13H28O/c1-4-7-10-12(11-8-5-2)13(14)9-6-3/h12-14H,4-11H2,1-3H3. The third-order valence-corrected chi connectivity index (χ3v) is 2.99. The summed E-state index contributed by atoms with van der Waals surface area (Å²) in [4.78, 5) is 0. The van der Waals surface area contributed by atoms with Gasteiger partial charge in [-0.1, -0.05) is 52.9 Å². The third-order valence-electron chi connectivity index (χ3n) is 2.99. The lowest BCUT2D eigenvalue weighted by Crippen LogP contribution is -2.20. The Bertz CT molecular complexity index is 104. The normalized spacial score (nSPS) is 13.5. The van der Waals surface area contributed by atoms with E-state index in [0.29, 0.717) is 5.92 Å². The zero-order chi connectivity index (χ0) is 10.8. The van der Waals surface area contributed by atoms with Gasteiger partial charge in [0.2, 0.25) is 0 Å². The topological polar surface area (TPSA) is 20.2 Å². The second kappa shape index (κ2) is 9.51. The van der Waals surface area contributed by atoms with E-state index in [2.05, 4.69) is 20.8 Å². The molecule has 1 nitrogen and oxygen atoms in total. The van der Waals surface area contributed by atoms with Gasteiger partial charge in [-0.25, -0.2) is 0 Å². The maximum atomic E-state index is 9.96. The average Bonchev–Trinajstić information content (AvgIpc) is 2.18. The van der Waals surface area contributed by atoms with Crippen molar-refractivity contribution < 1.29 is 5.11 Å². The first-order valence-electron chi connectivity index (χ1n) is 6.44. The summed E-state index contributed by atoms with van der Waals surface area (Å²) in [5.41, 5.74) is 0. The van der Waals surface area contributed by atoms with Crippen LogP contribution in [-0.4, -0.2) is 11.2 Å². The van der Waals surface area contributed by atoms with Gasteiger partial charge in [0.25, 0.3) is 0 Å². The molecule has 0 bridgehead atoms. The average molecular weight is 200 g/mol. The predicted molar refractivity (Wildman–Crippen MR) is 63.5 cm³/mol. The molecule has 1 heteroatoms. The molecular weight excluding hydrogens is 172 g/mol. The molecule has 0 aromatic carbocycles.